The van der Waals surface area contributed by atoms with Crippen LogP contribution in [0.5, 0.6) is 0 Å². The van der Waals surface area contributed by atoms with Crippen LogP contribution in [-0.2, 0) is 6.42 Å². The monoisotopic (exact) mass is 285 g/mol. The smallest absolute Gasteiger partial charge is 0.126 e. The van der Waals surface area contributed by atoms with E-state index in [1.807, 2.05) is 6.07 Å². The molecule has 0 unspecified atom stereocenters. The molecule has 1 aliphatic rings. The molecule has 0 atom stereocenters. The minimum atomic E-state index is -0.0878. The quantitative estimate of drug-likeness (QED) is 0.898. The first-order chi connectivity index (χ1) is 7.53. The molecule has 1 N–H and O–H groups in total. The summed E-state index contributed by atoms with van der Waals surface area (Å²) in [5.74, 6) is 0.488. The van der Waals surface area contributed by atoms with Crippen LogP contribution in [0.1, 0.15) is 19.4 Å². The Labute approximate surface area is 105 Å². The third-order valence-electron chi connectivity index (χ3n) is 3.73. The molecule has 1 heterocycles. The summed E-state index contributed by atoms with van der Waals surface area (Å²) in [7, 11) is 0. The highest BCUT2D eigenvalue weighted by atomic mass is 79.9. The van der Waals surface area contributed by atoms with Crippen LogP contribution in [0.25, 0.3) is 0 Å². The van der Waals surface area contributed by atoms with Gasteiger partial charge in [0.1, 0.15) is 5.82 Å². The van der Waals surface area contributed by atoms with Crippen molar-refractivity contribution in [3.63, 3.8) is 0 Å². The lowest BCUT2D eigenvalue weighted by Crippen LogP contribution is -2.57. The Kier molecular flexibility index (Phi) is 3.36. The second kappa shape index (κ2) is 4.46. The van der Waals surface area contributed by atoms with Crippen molar-refractivity contribution in [1.82, 2.24) is 5.32 Å². The summed E-state index contributed by atoms with van der Waals surface area (Å²) in [5, 5.41) is 3.30. The van der Waals surface area contributed by atoms with Crippen molar-refractivity contribution in [2.45, 2.75) is 20.3 Å². The maximum atomic E-state index is 13.7. The third kappa shape index (κ3) is 2.16. The van der Waals surface area contributed by atoms with E-state index in [4.69, 9.17) is 0 Å². The van der Waals surface area contributed by atoms with Gasteiger partial charge in [-0.15, -0.1) is 0 Å². The molecule has 0 saturated carbocycles. The van der Waals surface area contributed by atoms with Crippen molar-refractivity contribution in [1.29, 1.82) is 0 Å². The molecule has 3 heteroatoms. The number of benzene rings is 1. The minimum absolute atomic E-state index is 0.0878. The molecule has 2 rings (SSSR count). The van der Waals surface area contributed by atoms with Crippen LogP contribution in [0, 0.1) is 17.2 Å². The van der Waals surface area contributed by atoms with E-state index in [1.54, 1.807) is 12.1 Å². The van der Waals surface area contributed by atoms with E-state index in [-0.39, 0.29) is 11.2 Å². The Morgan fingerprint density at radius 3 is 2.62 bits per heavy atom. The largest absolute Gasteiger partial charge is 0.315 e. The number of nitrogens with one attached hydrogen (secondary N) is 1. The van der Waals surface area contributed by atoms with E-state index in [2.05, 4.69) is 35.1 Å². The SMILES string of the molecule is CC(C)C1(Cc2cc(Br)ccc2F)CNC1. The van der Waals surface area contributed by atoms with Gasteiger partial charge in [0, 0.05) is 23.0 Å². The van der Waals surface area contributed by atoms with Gasteiger partial charge in [-0.1, -0.05) is 29.8 Å². The van der Waals surface area contributed by atoms with Crippen LogP contribution in [-0.4, -0.2) is 13.1 Å². The molecule has 16 heavy (non-hydrogen) atoms. The van der Waals surface area contributed by atoms with E-state index in [9.17, 15) is 4.39 Å². The van der Waals surface area contributed by atoms with Crippen molar-refractivity contribution in [2.24, 2.45) is 11.3 Å². The van der Waals surface area contributed by atoms with Crippen molar-refractivity contribution >= 4 is 15.9 Å². The third-order valence-corrected chi connectivity index (χ3v) is 4.22. The topological polar surface area (TPSA) is 12.0 Å². The average Bonchev–Trinajstić information content (AvgIpc) is 2.16. The lowest BCUT2D eigenvalue weighted by atomic mass is 9.68. The zero-order valence-corrected chi connectivity index (χ0v) is 11.3. The van der Waals surface area contributed by atoms with Crippen molar-refractivity contribution in [3.8, 4) is 0 Å². The van der Waals surface area contributed by atoms with Gasteiger partial charge in [-0.2, -0.15) is 0 Å². The normalized spacial score (nSPS) is 18.6. The van der Waals surface area contributed by atoms with Crippen molar-refractivity contribution < 1.29 is 4.39 Å². The first-order valence-electron chi connectivity index (χ1n) is 5.68. The summed E-state index contributed by atoms with van der Waals surface area (Å²) in [6.07, 6.45) is 0.822. The summed E-state index contributed by atoms with van der Waals surface area (Å²) in [4.78, 5) is 0. The van der Waals surface area contributed by atoms with Crippen molar-refractivity contribution in [2.75, 3.05) is 13.1 Å². The number of halogens is 2. The number of hydrogen-bond acceptors (Lipinski definition) is 1. The Hall–Kier alpha value is -0.410. The zero-order chi connectivity index (χ0) is 11.8. The molecule has 1 saturated heterocycles. The lowest BCUT2D eigenvalue weighted by molar-refractivity contribution is 0.0982. The molecule has 1 aromatic carbocycles. The molecular weight excluding hydrogens is 269 g/mol. The van der Waals surface area contributed by atoms with Gasteiger partial charge in [0.25, 0.3) is 0 Å². The Bertz CT molecular complexity index is 386. The van der Waals surface area contributed by atoms with Gasteiger partial charge < -0.3 is 5.32 Å². The molecule has 88 valence electrons. The van der Waals surface area contributed by atoms with E-state index < -0.39 is 0 Å². The minimum Gasteiger partial charge on any atom is -0.315 e. The molecular formula is C13H17BrFN. The predicted molar refractivity (Wildman–Crippen MR) is 67.9 cm³/mol. The van der Waals surface area contributed by atoms with Gasteiger partial charge in [0.15, 0.2) is 0 Å². The summed E-state index contributed by atoms with van der Waals surface area (Å²) < 4.78 is 14.6. The van der Waals surface area contributed by atoms with Crippen LogP contribution in [0.4, 0.5) is 4.39 Å². The number of hydrogen-bond donors (Lipinski definition) is 1. The predicted octanol–water partition coefficient (Wildman–Crippen LogP) is 3.38. The zero-order valence-electron chi connectivity index (χ0n) is 9.69. The van der Waals surface area contributed by atoms with Crippen LogP contribution in [0.2, 0.25) is 0 Å². The molecule has 1 aromatic rings. The van der Waals surface area contributed by atoms with Crippen LogP contribution in [0.3, 0.4) is 0 Å². The first-order valence-corrected chi connectivity index (χ1v) is 6.47. The fourth-order valence-corrected chi connectivity index (χ4v) is 2.65. The molecule has 1 aliphatic heterocycles. The van der Waals surface area contributed by atoms with E-state index >= 15 is 0 Å². The maximum Gasteiger partial charge on any atom is 0.126 e. The van der Waals surface area contributed by atoms with E-state index in [0.29, 0.717) is 5.92 Å². The van der Waals surface area contributed by atoms with Gasteiger partial charge in [-0.25, -0.2) is 4.39 Å². The number of rotatable bonds is 3. The Morgan fingerprint density at radius 2 is 2.12 bits per heavy atom. The Morgan fingerprint density at radius 1 is 1.44 bits per heavy atom. The molecule has 0 spiro atoms. The molecule has 0 aromatic heterocycles. The van der Waals surface area contributed by atoms with Crippen LogP contribution >= 0.6 is 15.9 Å². The summed E-state index contributed by atoms with van der Waals surface area (Å²) in [6, 6.07) is 5.19. The van der Waals surface area contributed by atoms with E-state index in [0.717, 1.165) is 29.5 Å². The molecule has 0 aliphatic carbocycles. The van der Waals surface area contributed by atoms with Gasteiger partial charge in [-0.05, 0) is 36.1 Å². The highest BCUT2D eigenvalue weighted by molar-refractivity contribution is 9.10. The van der Waals surface area contributed by atoms with Gasteiger partial charge >= 0.3 is 0 Å². The standard InChI is InChI=1S/C13H17BrFN/c1-9(2)13(7-16-8-13)6-10-5-11(14)3-4-12(10)15/h3-5,9,16H,6-8H2,1-2H3. The highest BCUT2D eigenvalue weighted by Gasteiger charge is 2.40. The second-order valence-electron chi connectivity index (χ2n) is 5.03. The van der Waals surface area contributed by atoms with E-state index in [1.165, 1.54) is 0 Å². The molecule has 1 nitrogen and oxygen atoms in total. The summed E-state index contributed by atoms with van der Waals surface area (Å²) in [5.41, 5.74) is 1.06. The lowest BCUT2D eigenvalue weighted by Gasteiger charge is -2.46. The van der Waals surface area contributed by atoms with Crippen LogP contribution in [0.15, 0.2) is 22.7 Å². The van der Waals surface area contributed by atoms with Crippen molar-refractivity contribution in [3.05, 3.63) is 34.1 Å². The van der Waals surface area contributed by atoms with Gasteiger partial charge in [0.05, 0.1) is 0 Å². The van der Waals surface area contributed by atoms with Gasteiger partial charge in [0.2, 0.25) is 0 Å². The van der Waals surface area contributed by atoms with Crippen LogP contribution < -0.4 is 5.32 Å². The highest BCUT2D eigenvalue weighted by Crippen LogP contribution is 2.36. The Balaban J connectivity index is 2.22. The van der Waals surface area contributed by atoms with Gasteiger partial charge in [-0.3, -0.25) is 0 Å². The molecule has 0 radical (unpaired) electrons. The molecule has 1 fully saturated rings. The maximum absolute atomic E-state index is 13.7. The fraction of sp³-hybridized carbons (Fsp3) is 0.538. The average molecular weight is 286 g/mol. The fourth-order valence-electron chi connectivity index (χ4n) is 2.24. The second-order valence-corrected chi connectivity index (χ2v) is 5.95. The molecule has 0 amide bonds. The molecule has 0 bridgehead atoms. The first kappa shape index (κ1) is 12.1. The summed E-state index contributed by atoms with van der Waals surface area (Å²) >= 11 is 3.40. The summed E-state index contributed by atoms with van der Waals surface area (Å²) in [6.45, 7) is 6.43.